The maximum absolute atomic E-state index is 12.3. The minimum atomic E-state index is -1.04. The standard InChI is InChI=1S/C19H27N5O5/c1-5-19(3)17(27)24(18(28)21-19)22-16(26)12-23(6-2)11-15(25)20-13-9-7-8-10-14(13)29-4/h7-10H,5-6,11-12H2,1-4H3,(H,20,25)(H,21,28)(H,22,26)/t19-/m1/s1. The Morgan fingerprint density at radius 2 is 1.83 bits per heavy atom. The normalized spacial score (nSPS) is 18.6. The Morgan fingerprint density at radius 3 is 2.41 bits per heavy atom. The van der Waals surface area contributed by atoms with Crippen molar-refractivity contribution in [1.82, 2.24) is 20.7 Å². The Morgan fingerprint density at radius 1 is 1.17 bits per heavy atom. The Hall–Kier alpha value is -3.14. The molecule has 0 spiro atoms. The van der Waals surface area contributed by atoms with Gasteiger partial charge < -0.3 is 15.4 Å². The van der Waals surface area contributed by atoms with E-state index in [1.165, 1.54) is 7.11 Å². The number of benzene rings is 1. The fraction of sp³-hybridized carbons (Fsp3) is 0.474. The van der Waals surface area contributed by atoms with Crippen molar-refractivity contribution in [3.63, 3.8) is 0 Å². The second kappa shape index (κ2) is 9.37. The summed E-state index contributed by atoms with van der Waals surface area (Å²) in [5, 5.41) is 5.98. The summed E-state index contributed by atoms with van der Waals surface area (Å²) < 4.78 is 5.19. The lowest BCUT2D eigenvalue weighted by Gasteiger charge is -2.22. The molecule has 1 aliphatic heterocycles. The molecule has 158 valence electrons. The SMILES string of the molecule is CCN(CC(=O)Nc1ccccc1OC)CC(=O)NN1C(=O)N[C@](C)(CC)C1=O. The number of para-hydroxylation sites is 2. The molecule has 1 atom stereocenters. The molecule has 5 amide bonds. The van der Waals surface area contributed by atoms with Crippen molar-refractivity contribution in [3.05, 3.63) is 24.3 Å². The van der Waals surface area contributed by atoms with Gasteiger partial charge >= 0.3 is 6.03 Å². The third-order valence-corrected chi connectivity index (χ3v) is 4.77. The predicted octanol–water partition coefficient (Wildman–Crippen LogP) is 0.707. The number of hydrogen-bond donors (Lipinski definition) is 3. The van der Waals surface area contributed by atoms with Crippen molar-refractivity contribution >= 4 is 29.4 Å². The molecule has 1 aliphatic rings. The van der Waals surface area contributed by atoms with Crippen LogP contribution in [0.25, 0.3) is 0 Å². The van der Waals surface area contributed by atoms with E-state index in [4.69, 9.17) is 4.74 Å². The van der Waals surface area contributed by atoms with E-state index in [0.29, 0.717) is 29.4 Å². The highest BCUT2D eigenvalue weighted by atomic mass is 16.5. The third-order valence-electron chi connectivity index (χ3n) is 4.77. The number of hydrogen-bond acceptors (Lipinski definition) is 6. The van der Waals surface area contributed by atoms with Crippen LogP contribution in [0.2, 0.25) is 0 Å². The second-order valence-electron chi connectivity index (χ2n) is 6.84. The van der Waals surface area contributed by atoms with Gasteiger partial charge in [-0.3, -0.25) is 24.7 Å². The molecule has 1 fully saturated rings. The maximum atomic E-state index is 12.3. The molecule has 0 unspecified atom stereocenters. The zero-order chi connectivity index (χ0) is 21.6. The fourth-order valence-electron chi connectivity index (χ4n) is 2.81. The van der Waals surface area contributed by atoms with E-state index < -0.39 is 23.4 Å². The first-order valence-corrected chi connectivity index (χ1v) is 9.35. The van der Waals surface area contributed by atoms with Gasteiger partial charge in [0.05, 0.1) is 25.9 Å². The number of carbonyl (C=O) groups excluding carboxylic acids is 4. The number of hydrazine groups is 1. The van der Waals surface area contributed by atoms with E-state index >= 15 is 0 Å². The van der Waals surface area contributed by atoms with Gasteiger partial charge in [-0.1, -0.05) is 26.0 Å². The first-order valence-electron chi connectivity index (χ1n) is 9.35. The first-order chi connectivity index (χ1) is 13.7. The second-order valence-corrected chi connectivity index (χ2v) is 6.84. The molecule has 1 saturated heterocycles. The third kappa shape index (κ3) is 5.23. The maximum Gasteiger partial charge on any atom is 0.344 e. The predicted molar refractivity (Wildman–Crippen MR) is 106 cm³/mol. The highest BCUT2D eigenvalue weighted by Gasteiger charge is 2.47. The Kier molecular flexibility index (Phi) is 7.16. The van der Waals surface area contributed by atoms with E-state index in [1.54, 1.807) is 49.9 Å². The van der Waals surface area contributed by atoms with Crippen molar-refractivity contribution in [1.29, 1.82) is 0 Å². The number of carbonyl (C=O) groups is 4. The van der Waals surface area contributed by atoms with Gasteiger partial charge in [0.25, 0.3) is 11.8 Å². The first kappa shape index (κ1) is 22.2. The quantitative estimate of drug-likeness (QED) is 0.521. The topological polar surface area (TPSA) is 120 Å². The average Bonchev–Trinajstić information content (AvgIpc) is 2.91. The van der Waals surface area contributed by atoms with Crippen LogP contribution in [0.1, 0.15) is 27.2 Å². The van der Waals surface area contributed by atoms with Crippen LogP contribution in [-0.2, 0) is 14.4 Å². The molecule has 10 heteroatoms. The van der Waals surface area contributed by atoms with Crippen LogP contribution in [0.4, 0.5) is 10.5 Å². The summed E-state index contributed by atoms with van der Waals surface area (Å²) in [5.74, 6) is -0.881. The summed E-state index contributed by atoms with van der Waals surface area (Å²) >= 11 is 0. The molecular formula is C19H27N5O5. The number of ether oxygens (including phenoxy) is 1. The molecule has 0 bridgehead atoms. The van der Waals surface area contributed by atoms with Crippen molar-refractivity contribution in [2.24, 2.45) is 0 Å². The van der Waals surface area contributed by atoms with Gasteiger partial charge in [0.15, 0.2) is 0 Å². The fourth-order valence-corrected chi connectivity index (χ4v) is 2.81. The van der Waals surface area contributed by atoms with Crippen molar-refractivity contribution in [2.45, 2.75) is 32.7 Å². The lowest BCUT2D eigenvalue weighted by molar-refractivity contribution is -0.139. The van der Waals surface area contributed by atoms with Crippen molar-refractivity contribution < 1.29 is 23.9 Å². The molecule has 3 N–H and O–H groups in total. The highest BCUT2D eigenvalue weighted by molar-refractivity contribution is 6.07. The molecule has 1 heterocycles. The molecule has 2 rings (SSSR count). The summed E-state index contributed by atoms with van der Waals surface area (Å²) in [6, 6.07) is 6.32. The molecule has 10 nitrogen and oxygen atoms in total. The van der Waals surface area contributed by atoms with E-state index in [9.17, 15) is 19.2 Å². The molecule has 0 saturated carbocycles. The molecule has 29 heavy (non-hydrogen) atoms. The van der Waals surface area contributed by atoms with Gasteiger partial charge in [0.2, 0.25) is 5.91 Å². The molecule has 1 aromatic rings. The van der Waals surface area contributed by atoms with Crippen LogP contribution in [0.3, 0.4) is 0 Å². The number of rotatable bonds is 9. The molecule has 0 aromatic heterocycles. The van der Waals surface area contributed by atoms with Crippen molar-refractivity contribution in [3.8, 4) is 5.75 Å². The number of likely N-dealkylation sites (N-methyl/N-ethyl adjacent to an activating group) is 1. The number of urea groups is 1. The summed E-state index contributed by atoms with van der Waals surface area (Å²) in [4.78, 5) is 50.6. The number of imide groups is 1. The van der Waals surface area contributed by atoms with E-state index in [0.717, 1.165) is 0 Å². The minimum absolute atomic E-state index is 0.0468. The van der Waals surface area contributed by atoms with Crippen LogP contribution in [-0.4, -0.2) is 65.9 Å². The smallest absolute Gasteiger partial charge is 0.344 e. The van der Waals surface area contributed by atoms with Gasteiger partial charge in [-0.05, 0) is 32.0 Å². The number of methoxy groups -OCH3 is 1. The monoisotopic (exact) mass is 405 g/mol. The summed E-state index contributed by atoms with van der Waals surface area (Å²) in [6.07, 6.45) is 0.397. The van der Waals surface area contributed by atoms with Crippen LogP contribution in [0, 0.1) is 0 Å². The van der Waals surface area contributed by atoms with Gasteiger partial charge in [-0.2, -0.15) is 5.01 Å². The Balaban J connectivity index is 1.92. The largest absolute Gasteiger partial charge is 0.495 e. The van der Waals surface area contributed by atoms with E-state index in [1.807, 2.05) is 0 Å². The van der Waals surface area contributed by atoms with Crippen LogP contribution >= 0.6 is 0 Å². The summed E-state index contributed by atoms with van der Waals surface area (Å²) in [6.45, 7) is 5.37. The lowest BCUT2D eigenvalue weighted by atomic mass is 10.00. The zero-order valence-corrected chi connectivity index (χ0v) is 17.1. The number of amides is 5. The number of nitrogens with zero attached hydrogens (tertiary/aromatic N) is 2. The van der Waals surface area contributed by atoms with Gasteiger partial charge in [-0.15, -0.1) is 0 Å². The molecule has 1 aromatic carbocycles. The van der Waals surface area contributed by atoms with Crippen molar-refractivity contribution in [2.75, 3.05) is 32.1 Å². The van der Waals surface area contributed by atoms with E-state index in [-0.39, 0.29) is 19.0 Å². The van der Waals surface area contributed by atoms with Crippen LogP contribution < -0.4 is 20.8 Å². The molecule has 0 radical (unpaired) electrons. The van der Waals surface area contributed by atoms with Crippen LogP contribution in [0.5, 0.6) is 5.75 Å². The Bertz CT molecular complexity index is 799. The summed E-state index contributed by atoms with van der Waals surface area (Å²) in [7, 11) is 1.51. The van der Waals surface area contributed by atoms with Gasteiger partial charge in [0, 0.05) is 0 Å². The molecular weight excluding hydrogens is 378 g/mol. The highest BCUT2D eigenvalue weighted by Crippen LogP contribution is 2.23. The van der Waals surface area contributed by atoms with Gasteiger partial charge in [-0.25, -0.2) is 4.79 Å². The zero-order valence-electron chi connectivity index (χ0n) is 17.1. The number of anilines is 1. The minimum Gasteiger partial charge on any atom is -0.495 e. The molecule has 0 aliphatic carbocycles. The lowest BCUT2D eigenvalue weighted by Crippen LogP contribution is -2.51. The average molecular weight is 405 g/mol. The summed E-state index contributed by atoms with van der Waals surface area (Å²) in [5.41, 5.74) is 1.80. The van der Waals surface area contributed by atoms with Gasteiger partial charge in [0.1, 0.15) is 11.3 Å². The number of nitrogens with one attached hydrogen (secondary N) is 3. The van der Waals surface area contributed by atoms with E-state index in [2.05, 4.69) is 16.1 Å². The van der Waals surface area contributed by atoms with Crippen LogP contribution in [0.15, 0.2) is 24.3 Å². The Labute approximate surface area is 169 Å².